The molecule has 0 radical (unpaired) electrons. The first-order valence-electron chi connectivity index (χ1n) is 4.51. The van der Waals surface area contributed by atoms with Gasteiger partial charge in [0.25, 0.3) is 0 Å². The lowest BCUT2D eigenvalue weighted by atomic mass is 10.1. The molecule has 1 aromatic carbocycles. The van der Waals surface area contributed by atoms with Crippen LogP contribution in [0.25, 0.3) is 0 Å². The van der Waals surface area contributed by atoms with Gasteiger partial charge in [-0.25, -0.2) is 0 Å². The molecule has 0 amide bonds. The number of benzene rings is 1. The van der Waals surface area contributed by atoms with Gasteiger partial charge in [0, 0.05) is 6.07 Å². The van der Waals surface area contributed by atoms with Gasteiger partial charge in [-0.15, -0.1) is 0 Å². The molecule has 0 fully saturated rings. The van der Waals surface area contributed by atoms with Crippen LogP contribution in [0, 0.1) is 0 Å². The first kappa shape index (κ1) is 9.90. The third-order valence-electron chi connectivity index (χ3n) is 2.06. The summed E-state index contributed by atoms with van der Waals surface area (Å²) in [4.78, 5) is 0. The normalized spacial score (nSPS) is 11.3. The monoisotopic (exact) mass is 180 g/mol. The van der Waals surface area contributed by atoms with E-state index >= 15 is 0 Å². The molecule has 0 saturated carbocycles. The molecule has 13 heavy (non-hydrogen) atoms. The average Bonchev–Trinajstić information content (AvgIpc) is 2.03. The van der Waals surface area contributed by atoms with Crippen molar-refractivity contribution in [2.45, 2.75) is 32.8 Å². The lowest BCUT2D eigenvalue weighted by Gasteiger charge is -2.24. The van der Waals surface area contributed by atoms with Crippen LogP contribution in [0.3, 0.4) is 0 Å². The average molecular weight is 180 g/mol. The fraction of sp³-hybridized carbons (Fsp3) is 0.455. The second-order valence-electron chi connectivity index (χ2n) is 3.71. The zero-order valence-corrected chi connectivity index (χ0v) is 8.37. The molecule has 72 valence electrons. The fourth-order valence-electron chi connectivity index (χ4n) is 0.938. The van der Waals surface area contributed by atoms with Gasteiger partial charge >= 0.3 is 0 Å². The Morgan fingerprint density at radius 2 is 2.08 bits per heavy atom. The Labute approximate surface area is 79.2 Å². The molecule has 0 aliphatic carbocycles. The molecular formula is C11H16O2. The van der Waals surface area contributed by atoms with Crippen LogP contribution in [0.1, 0.15) is 27.2 Å². The predicted octanol–water partition coefficient (Wildman–Crippen LogP) is 2.96. The third kappa shape index (κ3) is 2.98. The summed E-state index contributed by atoms with van der Waals surface area (Å²) in [5.74, 6) is 0.955. The molecule has 1 rings (SSSR count). The number of aromatic hydroxyl groups is 1. The van der Waals surface area contributed by atoms with Gasteiger partial charge in [-0.2, -0.15) is 0 Å². The summed E-state index contributed by atoms with van der Waals surface area (Å²) in [6.45, 7) is 6.12. The van der Waals surface area contributed by atoms with Crippen LogP contribution < -0.4 is 4.74 Å². The summed E-state index contributed by atoms with van der Waals surface area (Å²) in [5, 5.41) is 9.20. The molecular weight excluding hydrogens is 164 g/mol. The summed E-state index contributed by atoms with van der Waals surface area (Å²) >= 11 is 0. The molecule has 1 N–H and O–H groups in total. The van der Waals surface area contributed by atoms with Gasteiger partial charge in [0.05, 0.1) is 0 Å². The van der Waals surface area contributed by atoms with E-state index in [0.29, 0.717) is 5.75 Å². The van der Waals surface area contributed by atoms with E-state index in [9.17, 15) is 5.11 Å². The van der Waals surface area contributed by atoms with E-state index < -0.39 is 0 Å². The van der Waals surface area contributed by atoms with Gasteiger partial charge in [-0.05, 0) is 32.4 Å². The van der Waals surface area contributed by atoms with Crippen molar-refractivity contribution < 1.29 is 9.84 Å². The quantitative estimate of drug-likeness (QED) is 0.774. The first-order chi connectivity index (χ1) is 6.03. The Bertz CT molecular complexity index is 279. The second-order valence-corrected chi connectivity index (χ2v) is 3.71. The number of phenols is 1. The summed E-state index contributed by atoms with van der Waals surface area (Å²) < 4.78 is 5.67. The molecule has 0 aromatic heterocycles. The summed E-state index contributed by atoms with van der Waals surface area (Å²) in [6.07, 6.45) is 0.933. The van der Waals surface area contributed by atoms with Crippen LogP contribution in [-0.2, 0) is 0 Å². The Kier molecular flexibility index (Phi) is 2.81. The highest BCUT2D eigenvalue weighted by atomic mass is 16.5. The van der Waals surface area contributed by atoms with Crippen molar-refractivity contribution in [1.82, 2.24) is 0 Å². The number of hydrogen-bond acceptors (Lipinski definition) is 2. The van der Waals surface area contributed by atoms with Gasteiger partial charge in [0.15, 0.2) is 0 Å². The molecule has 0 heterocycles. The van der Waals surface area contributed by atoms with Gasteiger partial charge in [0.2, 0.25) is 0 Å². The van der Waals surface area contributed by atoms with Crippen molar-refractivity contribution in [2.24, 2.45) is 0 Å². The molecule has 0 aliphatic heterocycles. The van der Waals surface area contributed by atoms with Crippen molar-refractivity contribution in [2.75, 3.05) is 0 Å². The molecule has 0 unspecified atom stereocenters. The summed E-state index contributed by atoms with van der Waals surface area (Å²) in [7, 11) is 0. The van der Waals surface area contributed by atoms with Crippen LogP contribution >= 0.6 is 0 Å². The van der Waals surface area contributed by atoms with Crippen LogP contribution in [-0.4, -0.2) is 10.7 Å². The molecule has 0 saturated heterocycles. The predicted molar refractivity (Wildman–Crippen MR) is 53.1 cm³/mol. The Morgan fingerprint density at radius 1 is 1.38 bits per heavy atom. The molecule has 1 aromatic rings. The molecule has 0 spiro atoms. The van der Waals surface area contributed by atoms with E-state index in [4.69, 9.17) is 4.74 Å². The highest BCUT2D eigenvalue weighted by molar-refractivity contribution is 5.32. The summed E-state index contributed by atoms with van der Waals surface area (Å²) in [5.41, 5.74) is -0.173. The second kappa shape index (κ2) is 3.69. The smallest absolute Gasteiger partial charge is 0.123 e. The Morgan fingerprint density at radius 3 is 2.62 bits per heavy atom. The highest BCUT2D eigenvalue weighted by Gasteiger charge is 2.16. The van der Waals surface area contributed by atoms with Crippen LogP contribution in [0.5, 0.6) is 11.5 Å². The summed E-state index contributed by atoms with van der Waals surface area (Å²) in [6, 6.07) is 6.87. The molecule has 0 atom stereocenters. The SMILES string of the molecule is CCC(C)(C)Oc1cccc(O)c1. The Balaban J connectivity index is 2.74. The third-order valence-corrected chi connectivity index (χ3v) is 2.06. The zero-order chi connectivity index (χ0) is 9.90. The minimum Gasteiger partial charge on any atom is -0.508 e. The number of rotatable bonds is 3. The van der Waals surface area contributed by atoms with E-state index in [1.165, 1.54) is 0 Å². The molecule has 2 nitrogen and oxygen atoms in total. The van der Waals surface area contributed by atoms with E-state index in [1.807, 2.05) is 19.9 Å². The van der Waals surface area contributed by atoms with E-state index in [1.54, 1.807) is 18.2 Å². The van der Waals surface area contributed by atoms with E-state index in [2.05, 4.69) is 6.92 Å². The molecule has 0 bridgehead atoms. The van der Waals surface area contributed by atoms with Crippen LogP contribution in [0.15, 0.2) is 24.3 Å². The fourth-order valence-corrected chi connectivity index (χ4v) is 0.938. The number of phenolic OH excluding ortho intramolecular Hbond substituents is 1. The van der Waals surface area contributed by atoms with Crippen LogP contribution in [0.4, 0.5) is 0 Å². The van der Waals surface area contributed by atoms with Crippen molar-refractivity contribution in [3.8, 4) is 11.5 Å². The van der Waals surface area contributed by atoms with Gasteiger partial charge < -0.3 is 9.84 Å². The zero-order valence-electron chi connectivity index (χ0n) is 8.37. The molecule has 0 aliphatic rings. The van der Waals surface area contributed by atoms with Crippen molar-refractivity contribution in [1.29, 1.82) is 0 Å². The lowest BCUT2D eigenvalue weighted by molar-refractivity contribution is 0.105. The van der Waals surface area contributed by atoms with Crippen molar-refractivity contribution in [3.05, 3.63) is 24.3 Å². The van der Waals surface area contributed by atoms with Gasteiger partial charge in [0.1, 0.15) is 17.1 Å². The maximum absolute atomic E-state index is 9.20. The van der Waals surface area contributed by atoms with Crippen molar-refractivity contribution in [3.63, 3.8) is 0 Å². The van der Waals surface area contributed by atoms with Gasteiger partial charge in [-0.1, -0.05) is 13.0 Å². The van der Waals surface area contributed by atoms with Crippen molar-refractivity contribution >= 4 is 0 Å². The highest BCUT2D eigenvalue weighted by Crippen LogP contribution is 2.23. The maximum Gasteiger partial charge on any atom is 0.123 e. The topological polar surface area (TPSA) is 29.5 Å². The first-order valence-corrected chi connectivity index (χ1v) is 4.51. The van der Waals surface area contributed by atoms with Crippen LogP contribution in [0.2, 0.25) is 0 Å². The minimum atomic E-state index is -0.173. The maximum atomic E-state index is 9.20. The van der Waals surface area contributed by atoms with Gasteiger partial charge in [-0.3, -0.25) is 0 Å². The van der Waals surface area contributed by atoms with E-state index in [-0.39, 0.29) is 11.4 Å². The molecule has 2 heteroatoms. The number of ether oxygens (including phenoxy) is 1. The standard InChI is InChI=1S/C11H16O2/c1-4-11(2,3)13-10-7-5-6-9(12)8-10/h5-8,12H,4H2,1-3H3. The Hall–Kier alpha value is -1.18. The lowest BCUT2D eigenvalue weighted by Crippen LogP contribution is -2.26. The van der Waals surface area contributed by atoms with E-state index in [0.717, 1.165) is 6.42 Å². The number of hydrogen-bond donors (Lipinski definition) is 1. The minimum absolute atomic E-state index is 0.173. The largest absolute Gasteiger partial charge is 0.508 e.